The van der Waals surface area contributed by atoms with Crippen LogP contribution in [0.2, 0.25) is 0 Å². The first-order valence-electron chi connectivity index (χ1n) is 8.20. The van der Waals surface area contributed by atoms with Gasteiger partial charge in [-0.1, -0.05) is 6.08 Å². The molecule has 2 aliphatic rings. The number of nitrogens with zero attached hydrogens (tertiary/aromatic N) is 4. The molecule has 0 spiro atoms. The second-order valence-electron chi connectivity index (χ2n) is 5.79. The lowest BCUT2D eigenvalue weighted by molar-refractivity contribution is -0.119. The van der Waals surface area contributed by atoms with Gasteiger partial charge in [0.05, 0.1) is 12.8 Å². The number of ether oxygens (including phenoxy) is 1. The van der Waals surface area contributed by atoms with Crippen LogP contribution in [0, 0.1) is 0 Å². The van der Waals surface area contributed by atoms with E-state index in [1.807, 2.05) is 59.1 Å². The molecule has 0 radical (unpaired) electrons. The van der Waals surface area contributed by atoms with Gasteiger partial charge in [-0.05, 0) is 36.4 Å². The van der Waals surface area contributed by atoms with Crippen LogP contribution in [0.5, 0.6) is 5.75 Å². The number of hydrogen-bond donors (Lipinski definition) is 2. The molecule has 9 heteroatoms. The van der Waals surface area contributed by atoms with Crippen LogP contribution in [0.4, 0.5) is 5.13 Å². The Bertz CT molecular complexity index is 935. The third kappa shape index (κ3) is 3.75. The van der Waals surface area contributed by atoms with E-state index in [1.165, 1.54) is 11.3 Å². The fraction of sp³-hybridized carbons (Fsp3) is 0.167. The van der Waals surface area contributed by atoms with Gasteiger partial charge < -0.3 is 10.1 Å². The van der Waals surface area contributed by atoms with Gasteiger partial charge in [-0.3, -0.25) is 9.80 Å². The summed E-state index contributed by atoms with van der Waals surface area (Å²) in [6.45, 7) is 0.122. The molecule has 1 aromatic carbocycles. The zero-order chi connectivity index (χ0) is 18.8. The number of thiazole rings is 1. The van der Waals surface area contributed by atoms with Gasteiger partial charge in [0.1, 0.15) is 18.1 Å². The second-order valence-corrected chi connectivity index (χ2v) is 7.11. The lowest BCUT2D eigenvalue weighted by Crippen LogP contribution is -2.44. The van der Waals surface area contributed by atoms with Gasteiger partial charge in [-0.2, -0.15) is 5.01 Å². The normalized spacial score (nSPS) is 18.4. The summed E-state index contributed by atoms with van der Waals surface area (Å²) in [5, 5.41) is 8.90. The molecule has 0 aliphatic carbocycles. The Balaban J connectivity index is 1.39. The zero-order valence-electron chi connectivity index (χ0n) is 14.4. The first-order chi connectivity index (χ1) is 13.1. The summed E-state index contributed by atoms with van der Waals surface area (Å²) >= 11 is 5.82. The first-order valence-corrected chi connectivity index (χ1v) is 9.60. The number of thiol groups is 1. The van der Waals surface area contributed by atoms with Crippen molar-refractivity contribution < 1.29 is 9.53 Å². The molecule has 27 heavy (non-hydrogen) atoms. The number of amidine groups is 1. The SMILES string of the molecule is COc1ccc(-c2csc(NC(=O)CN3C(S)N=C4C=CC=CN43)n2)cc1. The molecule has 1 unspecified atom stereocenters. The van der Waals surface area contributed by atoms with E-state index in [2.05, 4.69) is 27.9 Å². The molecule has 4 rings (SSSR count). The largest absolute Gasteiger partial charge is 0.497 e. The summed E-state index contributed by atoms with van der Waals surface area (Å²) in [7, 11) is 1.63. The average molecular weight is 400 g/mol. The number of carbonyl (C=O) groups excluding carboxylic acids is 1. The highest BCUT2D eigenvalue weighted by atomic mass is 32.1. The van der Waals surface area contributed by atoms with Crippen molar-refractivity contribution in [3.8, 4) is 17.0 Å². The monoisotopic (exact) mass is 399 g/mol. The van der Waals surface area contributed by atoms with Crippen molar-refractivity contribution in [2.75, 3.05) is 19.0 Å². The van der Waals surface area contributed by atoms with Crippen molar-refractivity contribution in [3.05, 3.63) is 54.1 Å². The van der Waals surface area contributed by atoms with Crippen LogP contribution < -0.4 is 10.1 Å². The highest BCUT2D eigenvalue weighted by Gasteiger charge is 2.31. The third-order valence-corrected chi connectivity index (χ3v) is 5.19. The average Bonchev–Trinajstić information content (AvgIpc) is 3.27. The minimum Gasteiger partial charge on any atom is -0.497 e. The lowest BCUT2D eigenvalue weighted by atomic mass is 10.2. The van der Waals surface area contributed by atoms with Gasteiger partial charge >= 0.3 is 0 Å². The Morgan fingerprint density at radius 1 is 1.33 bits per heavy atom. The maximum absolute atomic E-state index is 12.5. The molecular weight excluding hydrogens is 382 g/mol. The number of nitrogens with one attached hydrogen (secondary N) is 1. The summed E-state index contributed by atoms with van der Waals surface area (Å²) in [5.74, 6) is 1.38. The maximum atomic E-state index is 12.5. The zero-order valence-corrected chi connectivity index (χ0v) is 16.2. The number of hydrogen-bond acceptors (Lipinski definition) is 8. The third-order valence-electron chi connectivity index (χ3n) is 4.05. The van der Waals surface area contributed by atoms with Crippen LogP contribution in [0.3, 0.4) is 0 Å². The summed E-state index contributed by atoms with van der Waals surface area (Å²) in [5.41, 5.74) is 1.37. The van der Waals surface area contributed by atoms with Crippen molar-refractivity contribution in [3.63, 3.8) is 0 Å². The van der Waals surface area contributed by atoms with Crippen LogP contribution in [0.25, 0.3) is 11.3 Å². The Labute approximate surface area is 166 Å². The quantitative estimate of drug-likeness (QED) is 0.757. The number of fused-ring (bicyclic) bond motifs is 1. The molecule has 0 saturated heterocycles. The molecule has 1 atom stereocenters. The fourth-order valence-corrected chi connectivity index (χ4v) is 3.78. The van der Waals surface area contributed by atoms with Gasteiger partial charge in [0.2, 0.25) is 5.91 Å². The first kappa shape index (κ1) is 17.8. The van der Waals surface area contributed by atoms with Crippen molar-refractivity contribution in [1.29, 1.82) is 0 Å². The van der Waals surface area contributed by atoms with Crippen LogP contribution in [0.1, 0.15) is 0 Å². The molecule has 0 fully saturated rings. The molecule has 1 amide bonds. The summed E-state index contributed by atoms with van der Waals surface area (Å²) in [6, 6.07) is 7.63. The number of carbonyl (C=O) groups is 1. The standard InChI is InChI=1S/C18H17N5O2S2/c1-25-13-7-5-12(6-8-13)14-11-27-17(19-14)21-16(24)10-23-18(26)20-15-4-2-3-9-22(15)23/h2-9,11,18,26H,10H2,1H3,(H,19,21,24). The van der Waals surface area contributed by atoms with Crippen molar-refractivity contribution >= 4 is 40.8 Å². The number of amides is 1. The topological polar surface area (TPSA) is 70.1 Å². The van der Waals surface area contributed by atoms with Crippen LogP contribution in [-0.2, 0) is 4.79 Å². The molecule has 3 heterocycles. The van der Waals surface area contributed by atoms with E-state index in [4.69, 9.17) is 4.74 Å². The van der Waals surface area contributed by atoms with Crippen molar-refractivity contribution in [2.45, 2.75) is 5.50 Å². The van der Waals surface area contributed by atoms with E-state index in [9.17, 15) is 4.79 Å². The Kier molecular flexibility index (Phi) is 4.97. The smallest absolute Gasteiger partial charge is 0.242 e. The molecule has 2 aliphatic heterocycles. The van der Waals surface area contributed by atoms with Crippen LogP contribution in [-0.4, -0.2) is 45.9 Å². The summed E-state index contributed by atoms with van der Waals surface area (Å²) < 4.78 is 5.16. The van der Waals surface area contributed by atoms with Crippen LogP contribution >= 0.6 is 24.0 Å². The van der Waals surface area contributed by atoms with Gasteiger partial charge in [0.25, 0.3) is 0 Å². The highest BCUT2D eigenvalue weighted by Crippen LogP contribution is 2.27. The molecule has 7 nitrogen and oxygen atoms in total. The number of aliphatic imine (C=N–C) groups is 1. The van der Waals surface area contributed by atoms with Gasteiger partial charge in [-0.15, -0.1) is 24.0 Å². The second kappa shape index (κ2) is 7.55. The minimum absolute atomic E-state index is 0.122. The predicted octanol–water partition coefficient (Wildman–Crippen LogP) is 2.99. The maximum Gasteiger partial charge on any atom is 0.242 e. The van der Waals surface area contributed by atoms with Crippen molar-refractivity contribution in [2.24, 2.45) is 4.99 Å². The Morgan fingerprint density at radius 3 is 2.93 bits per heavy atom. The molecule has 0 saturated carbocycles. The minimum atomic E-state index is -0.399. The number of methoxy groups -OCH3 is 1. The molecule has 1 N–H and O–H groups in total. The number of anilines is 1. The summed E-state index contributed by atoms with van der Waals surface area (Å²) in [6.07, 6.45) is 7.52. The predicted molar refractivity (Wildman–Crippen MR) is 110 cm³/mol. The lowest BCUT2D eigenvalue weighted by Gasteiger charge is -2.28. The van der Waals surface area contributed by atoms with Gasteiger partial charge in [-0.25, -0.2) is 9.98 Å². The number of hydrazine groups is 1. The number of allylic oxidation sites excluding steroid dienone is 2. The summed E-state index contributed by atoms with van der Waals surface area (Å²) in [4.78, 5) is 21.4. The molecule has 0 bridgehead atoms. The molecule has 2 aromatic rings. The van der Waals surface area contributed by atoms with Gasteiger partial charge in [0.15, 0.2) is 10.6 Å². The number of benzene rings is 1. The molecule has 138 valence electrons. The number of rotatable bonds is 5. The Morgan fingerprint density at radius 2 is 2.15 bits per heavy atom. The molecular formula is C18H17N5O2S2. The van der Waals surface area contributed by atoms with Gasteiger partial charge in [0, 0.05) is 17.1 Å². The van der Waals surface area contributed by atoms with Crippen molar-refractivity contribution in [1.82, 2.24) is 15.0 Å². The van der Waals surface area contributed by atoms with Crippen LogP contribution in [0.15, 0.2) is 59.1 Å². The van der Waals surface area contributed by atoms with E-state index in [0.717, 1.165) is 22.8 Å². The number of aromatic nitrogens is 1. The van der Waals surface area contributed by atoms with E-state index in [0.29, 0.717) is 5.13 Å². The van der Waals surface area contributed by atoms with E-state index in [1.54, 1.807) is 12.1 Å². The highest BCUT2D eigenvalue weighted by molar-refractivity contribution is 7.80. The van der Waals surface area contributed by atoms with E-state index in [-0.39, 0.29) is 12.5 Å². The van der Waals surface area contributed by atoms with E-state index < -0.39 is 5.50 Å². The van der Waals surface area contributed by atoms with E-state index >= 15 is 0 Å². The fourth-order valence-electron chi connectivity index (χ4n) is 2.73. The Hall–Kier alpha value is -2.62. The molecule has 1 aromatic heterocycles.